The standard InChI is InChI=1S/C17H27N3O4/c1-3-4-15-12-19(8-7-18(15)9-10-24-2)17-11-14(13-21)5-6-16(17)20(22)23/h5-6,11,15,21H,3-4,7-10,12-13H2,1-2H3. The highest BCUT2D eigenvalue weighted by Gasteiger charge is 2.29. The lowest BCUT2D eigenvalue weighted by Gasteiger charge is -2.42. The van der Waals surface area contributed by atoms with E-state index >= 15 is 0 Å². The Hall–Kier alpha value is -1.70. The number of hydrogen-bond donors (Lipinski definition) is 1. The summed E-state index contributed by atoms with van der Waals surface area (Å²) in [6, 6.07) is 5.20. The Bertz CT molecular complexity index is 553. The summed E-state index contributed by atoms with van der Waals surface area (Å²) in [5.74, 6) is 0. The van der Waals surface area contributed by atoms with Gasteiger partial charge in [-0.25, -0.2) is 0 Å². The first kappa shape index (κ1) is 18.6. The third kappa shape index (κ3) is 4.43. The lowest BCUT2D eigenvalue weighted by atomic mass is 10.0. The first-order chi connectivity index (χ1) is 11.6. The summed E-state index contributed by atoms with van der Waals surface area (Å²) < 4.78 is 5.19. The van der Waals surface area contributed by atoms with Gasteiger partial charge in [-0.15, -0.1) is 0 Å². The highest BCUT2D eigenvalue weighted by molar-refractivity contribution is 5.65. The first-order valence-electron chi connectivity index (χ1n) is 8.46. The number of nitrogens with zero attached hydrogens (tertiary/aromatic N) is 3. The van der Waals surface area contributed by atoms with Crippen LogP contribution in [0.1, 0.15) is 25.3 Å². The minimum Gasteiger partial charge on any atom is -0.392 e. The van der Waals surface area contributed by atoms with Gasteiger partial charge in [-0.1, -0.05) is 13.3 Å². The minimum atomic E-state index is -0.345. The van der Waals surface area contributed by atoms with Crippen LogP contribution >= 0.6 is 0 Å². The van der Waals surface area contributed by atoms with E-state index in [9.17, 15) is 15.2 Å². The Kier molecular flexibility index (Phi) is 6.96. The molecule has 0 radical (unpaired) electrons. The average molecular weight is 337 g/mol. The molecular weight excluding hydrogens is 310 g/mol. The van der Waals surface area contributed by atoms with Crippen molar-refractivity contribution >= 4 is 11.4 Å². The van der Waals surface area contributed by atoms with Crippen molar-refractivity contribution < 1.29 is 14.8 Å². The van der Waals surface area contributed by atoms with Crippen molar-refractivity contribution in [1.82, 2.24) is 4.90 Å². The lowest BCUT2D eigenvalue weighted by molar-refractivity contribution is -0.384. The highest BCUT2D eigenvalue weighted by Crippen LogP contribution is 2.31. The fraction of sp³-hybridized carbons (Fsp3) is 0.647. The maximum atomic E-state index is 11.4. The number of aliphatic hydroxyl groups is 1. The number of benzene rings is 1. The van der Waals surface area contributed by atoms with E-state index in [4.69, 9.17) is 4.74 Å². The van der Waals surface area contributed by atoms with Crippen molar-refractivity contribution in [3.05, 3.63) is 33.9 Å². The van der Waals surface area contributed by atoms with E-state index in [1.807, 2.05) is 0 Å². The molecule has 0 aromatic heterocycles. The zero-order valence-corrected chi connectivity index (χ0v) is 14.5. The van der Waals surface area contributed by atoms with Gasteiger partial charge in [0.25, 0.3) is 5.69 Å². The number of anilines is 1. The second-order valence-electron chi connectivity index (χ2n) is 6.16. The number of methoxy groups -OCH3 is 1. The Morgan fingerprint density at radius 3 is 2.83 bits per heavy atom. The van der Waals surface area contributed by atoms with Gasteiger partial charge in [0.1, 0.15) is 5.69 Å². The number of nitro groups is 1. The van der Waals surface area contributed by atoms with Crippen LogP contribution in [0.15, 0.2) is 18.2 Å². The van der Waals surface area contributed by atoms with Gasteiger partial charge in [0.05, 0.1) is 18.1 Å². The fourth-order valence-electron chi connectivity index (χ4n) is 3.30. The second kappa shape index (κ2) is 8.96. The summed E-state index contributed by atoms with van der Waals surface area (Å²) >= 11 is 0. The fourth-order valence-corrected chi connectivity index (χ4v) is 3.30. The summed E-state index contributed by atoms with van der Waals surface area (Å²) in [7, 11) is 1.70. The predicted molar refractivity (Wildman–Crippen MR) is 93.4 cm³/mol. The zero-order chi connectivity index (χ0) is 17.5. The molecule has 1 saturated heterocycles. The molecule has 0 spiro atoms. The lowest BCUT2D eigenvalue weighted by Crippen LogP contribution is -2.54. The molecule has 0 aliphatic carbocycles. The number of nitro benzene ring substituents is 1. The summed E-state index contributed by atoms with van der Waals surface area (Å²) in [6.07, 6.45) is 2.12. The molecule has 0 amide bonds. The molecule has 134 valence electrons. The van der Waals surface area contributed by atoms with Crippen molar-refractivity contribution in [3.8, 4) is 0 Å². The molecule has 0 bridgehead atoms. The molecule has 1 unspecified atom stereocenters. The Balaban J connectivity index is 2.21. The SMILES string of the molecule is CCCC1CN(c2cc(CO)ccc2[N+](=O)[O-])CCN1CCOC. The molecule has 0 saturated carbocycles. The molecule has 1 aromatic carbocycles. The Labute approximate surface area is 143 Å². The zero-order valence-electron chi connectivity index (χ0n) is 14.5. The summed E-state index contributed by atoms with van der Waals surface area (Å²) in [5, 5.41) is 20.7. The molecule has 1 atom stereocenters. The second-order valence-corrected chi connectivity index (χ2v) is 6.16. The molecule has 7 heteroatoms. The number of hydrogen-bond acceptors (Lipinski definition) is 6. The van der Waals surface area contributed by atoms with Crippen molar-refractivity contribution in [2.24, 2.45) is 0 Å². The molecule has 24 heavy (non-hydrogen) atoms. The molecule has 1 heterocycles. The van der Waals surface area contributed by atoms with E-state index in [1.165, 1.54) is 6.07 Å². The normalized spacial score (nSPS) is 18.8. The van der Waals surface area contributed by atoms with Gasteiger partial charge in [-0.05, 0) is 24.1 Å². The molecule has 1 fully saturated rings. The molecular formula is C17H27N3O4. The number of rotatable bonds is 8. The number of ether oxygens (including phenoxy) is 1. The van der Waals surface area contributed by atoms with Crippen LogP contribution in [0.3, 0.4) is 0 Å². The van der Waals surface area contributed by atoms with Gasteiger partial charge >= 0.3 is 0 Å². The molecule has 1 N–H and O–H groups in total. The third-order valence-electron chi connectivity index (χ3n) is 4.57. The van der Waals surface area contributed by atoms with Gasteiger partial charge in [0.15, 0.2) is 0 Å². The van der Waals surface area contributed by atoms with Crippen LogP contribution in [-0.4, -0.2) is 60.9 Å². The molecule has 1 aliphatic heterocycles. The Morgan fingerprint density at radius 2 is 2.21 bits per heavy atom. The molecule has 1 aromatic rings. The van der Waals surface area contributed by atoms with E-state index in [0.29, 0.717) is 23.9 Å². The van der Waals surface area contributed by atoms with Crippen LogP contribution in [0.25, 0.3) is 0 Å². The van der Waals surface area contributed by atoms with Gasteiger partial charge in [-0.2, -0.15) is 0 Å². The largest absolute Gasteiger partial charge is 0.392 e. The van der Waals surface area contributed by atoms with Crippen molar-refractivity contribution in [1.29, 1.82) is 0 Å². The van der Waals surface area contributed by atoms with Crippen LogP contribution in [0.4, 0.5) is 11.4 Å². The predicted octanol–water partition coefficient (Wildman–Crippen LogP) is 2.02. The van der Waals surface area contributed by atoms with Gasteiger partial charge < -0.3 is 14.7 Å². The maximum Gasteiger partial charge on any atom is 0.292 e. The van der Waals surface area contributed by atoms with Gasteiger partial charge in [0, 0.05) is 45.4 Å². The van der Waals surface area contributed by atoms with E-state index in [2.05, 4.69) is 16.7 Å². The van der Waals surface area contributed by atoms with Crippen LogP contribution in [0, 0.1) is 10.1 Å². The molecule has 7 nitrogen and oxygen atoms in total. The molecule has 1 aliphatic rings. The molecule has 2 rings (SSSR count). The maximum absolute atomic E-state index is 11.4. The van der Waals surface area contributed by atoms with Gasteiger partial charge in [0.2, 0.25) is 0 Å². The van der Waals surface area contributed by atoms with Crippen LogP contribution < -0.4 is 4.90 Å². The smallest absolute Gasteiger partial charge is 0.292 e. The van der Waals surface area contributed by atoms with Gasteiger partial charge in [-0.3, -0.25) is 15.0 Å². The van der Waals surface area contributed by atoms with Crippen molar-refractivity contribution in [2.45, 2.75) is 32.4 Å². The first-order valence-corrected chi connectivity index (χ1v) is 8.46. The van der Waals surface area contributed by atoms with Crippen LogP contribution in [0.5, 0.6) is 0 Å². The van der Waals surface area contributed by atoms with Crippen molar-refractivity contribution in [2.75, 3.05) is 44.8 Å². The van der Waals surface area contributed by atoms with Crippen LogP contribution in [-0.2, 0) is 11.3 Å². The number of aliphatic hydroxyl groups excluding tert-OH is 1. The van der Waals surface area contributed by atoms with Crippen LogP contribution in [0.2, 0.25) is 0 Å². The monoisotopic (exact) mass is 337 g/mol. The van der Waals surface area contributed by atoms with E-state index in [1.54, 1.807) is 19.2 Å². The summed E-state index contributed by atoms with van der Waals surface area (Å²) in [5.41, 5.74) is 1.41. The highest BCUT2D eigenvalue weighted by atomic mass is 16.6. The Morgan fingerprint density at radius 1 is 1.42 bits per heavy atom. The minimum absolute atomic E-state index is 0.104. The van der Waals surface area contributed by atoms with E-state index in [-0.39, 0.29) is 17.2 Å². The van der Waals surface area contributed by atoms with E-state index < -0.39 is 0 Å². The average Bonchev–Trinajstić information content (AvgIpc) is 2.60. The van der Waals surface area contributed by atoms with Crippen molar-refractivity contribution in [3.63, 3.8) is 0 Å². The summed E-state index contributed by atoms with van der Waals surface area (Å²) in [6.45, 7) is 5.97. The topological polar surface area (TPSA) is 79.1 Å². The number of piperazine rings is 1. The quantitative estimate of drug-likeness (QED) is 0.577. The van der Waals surface area contributed by atoms with E-state index in [0.717, 1.165) is 39.0 Å². The third-order valence-corrected chi connectivity index (χ3v) is 4.57. The summed E-state index contributed by atoms with van der Waals surface area (Å²) in [4.78, 5) is 15.5.